The van der Waals surface area contributed by atoms with E-state index in [9.17, 15) is 9.90 Å². The van der Waals surface area contributed by atoms with Crippen LogP contribution >= 0.6 is 11.3 Å². The largest absolute Gasteiger partial charge is 0.508 e. The first-order valence-electron chi connectivity index (χ1n) is 6.99. The second-order valence-corrected chi connectivity index (χ2v) is 5.96. The minimum Gasteiger partial charge on any atom is -0.508 e. The SMILES string of the molecule is O=C(Nc1nc(-c2cccc(O)c2)cs1)C1CCNCC1. The van der Waals surface area contributed by atoms with E-state index in [1.54, 1.807) is 18.2 Å². The van der Waals surface area contributed by atoms with Gasteiger partial charge in [-0.05, 0) is 38.1 Å². The van der Waals surface area contributed by atoms with Gasteiger partial charge in [0.25, 0.3) is 0 Å². The van der Waals surface area contributed by atoms with Crippen LogP contribution in [0, 0.1) is 5.92 Å². The van der Waals surface area contributed by atoms with E-state index < -0.39 is 0 Å². The molecule has 1 aliphatic heterocycles. The number of thiazole rings is 1. The predicted molar refractivity (Wildman–Crippen MR) is 83.4 cm³/mol. The summed E-state index contributed by atoms with van der Waals surface area (Å²) in [6.45, 7) is 1.79. The number of hydrogen-bond acceptors (Lipinski definition) is 5. The molecule has 5 nitrogen and oxygen atoms in total. The van der Waals surface area contributed by atoms with Crippen molar-refractivity contribution >= 4 is 22.4 Å². The lowest BCUT2D eigenvalue weighted by Gasteiger charge is -2.20. The van der Waals surface area contributed by atoms with Gasteiger partial charge in [-0.1, -0.05) is 12.1 Å². The van der Waals surface area contributed by atoms with Crippen LogP contribution in [0.2, 0.25) is 0 Å². The number of rotatable bonds is 3. The van der Waals surface area contributed by atoms with Crippen LogP contribution in [0.25, 0.3) is 11.3 Å². The van der Waals surface area contributed by atoms with Gasteiger partial charge in [0, 0.05) is 16.9 Å². The first-order chi connectivity index (χ1) is 10.2. The molecular weight excluding hydrogens is 286 g/mol. The molecule has 1 aliphatic rings. The van der Waals surface area contributed by atoms with Gasteiger partial charge in [0.15, 0.2) is 5.13 Å². The minimum absolute atomic E-state index is 0.0494. The molecule has 2 aromatic rings. The van der Waals surface area contributed by atoms with E-state index in [1.165, 1.54) is 11.3 Å². The number of hydrogen-bond donors (Lipinski definition) is 3. The summed E-state index contributed by atoms with van der Waals surface area (Å²) < 4.78 is 0. The molecule has 1 saturated heterocycles. The molecule has 3 N–H and O–H groups in total. The Bertz CT molecular complexity index is 635. The van der Waals surface area contributed by atoms with E-state index in [0.29, 0.717) is 5.13 Å². The molecule has 1 aromatic carbocycles. The Morgan fingerprint density at radius 1 is 1.38 bits per heavy atom. The third-order valence-corrected chi connectivity index (χ3v) is 4.34. The quantitative estimate of drug-likeness (QED) is 0.814. The molecule has 0 unspecified atom stereocenters. The Morgan fingerprint density at radius 3 is 2.95 bits per heavy atom. The van der Waals surface area contributed by atoms with Crippen molar-refractivity contribution < 1.29 is 9.90 Å². The third kappa shape index (κ3) is 3.40. The van der Waals surface area contributed by atoms with Crippen molar-refractivity contribution in [2.45, 2.75) is 12.8 Å². The molecule has 1 amide bonds. The van der Waals surface area contributed by atoms with Gasteiger partial charge in [0.05, 0.1) is 5.69 Å². The number of phenolic OH excluding ortho intramolecular Hbond substituents is 1. The first kappa shape index (κ1) is 14.0. The zero-order valence-electron chi connectivity index (χ0n) is 11.5. The fourth-order valence-corrected chi connectivity index (χ4v) is 3.14. The molecule has 21 heavy (non-hydrogen) atoms. The van der Waals surface area contributed by atoms with Crippen LogP contribution < -0.4 is 10.6 Å². The zero-order valence-corrected chi connectivity index (χ0v) is 12.3. The number of piperidine rings is 1. The highest BCUT2D eigenvalue weighted by Crippen LogP contribution is 2.27. The van der Waals surface area contributed by atoms with Crippen LogP contribution in [0.3, 0.4) is 0 Å². The van der Waals surface area contributed by atoms with Gasteiger partial charge in [-0.2, -0.15) is 0 Å². The summed E-state index contributed by atoms with van der Waals surface area (Å²) >= 11 is 1.40. The average Bonchev–Trinajstić information content (AvgIpc) is 2.97. The number of amides is 1. The number of nitrogens with zero attached hydrogens (tertiary/aromatic N) is 1. The summed E-state index contributed by atoms with van der Waals surface area (Å²) in [5.41, 5.74) is 1.60. The second-order valence-electron chi connectivity index (χ2n) is 5.10. The van der Waals surface area contributed by atoms with Crippen LogP contribution in [-0.4, -0.2) is 29.1 Å². The van der Waals surface area contributed by atoms with Gasteiger partial charge in [0.2, 0.25) is 5.91 Å². The maximum atomic E-state index is 12.2. The van der Waals surface area contributed by atoms with E-state index in [2.05, 4.69) is 15.6 Å². The molecular formula is C15H17N3O2S. The summed E-state index contributed by atoms with van der Waals surface area (Å²) in [7, 11) is 0. The molecule has 0 aliphatic carbocycles. The molecule has 0 atom stereocenters. The van der Waals surface area contributed by atoms with E-state index in [4.69, 9.17) is 0 Å². The van der Waals surface area contributed by atoms with Crippen LogP contribution in [0.4, 0.5) is 5.13 Å². The Balaban J connectivity index is 1.69. The van der Waals surface area contributed by atoms with Crippen molar-refractivity contribution in [2.75, 3.05) is 18.4 Å². The highest BCUT2D eigenvalue weighted by molar-refractivity contribution is 7.14. The summed E-state index contributed by atoms with van der Waals surface area (Å²) in [6.07, 6.45) is 1.74. The molecule has 2 heterocycles. The maximum absolute atomic E-state index is 12.2. The molecule has 0 radical (unpaired) electrons. The molecule has 1 fully saturated rings. The Morgan fingerprint density at radius 2 is 2.19 bits per heavy atom. The van der Waals surface area contributed by atoms with Crippen molar-refractivity contribution in [1.29, 1.82) is 0 Å². The smallest absolute Gasteiger partial charge is 0.229 e. The van der Waals surface area contributed by atoms with E-state index in [0.717, 1.165) is 37.2 Å². The number of phenols is 1. The summed E-state index contributed by atoms with van der Waals surface area (Å²) in [5.74, 6) is 0.327. The van der Waals surface area contributed by atoms with Gasteiger partial charge >= 0.3 is 0 Å². The summed E-state index contributed by atoms with van der Waals surface area (Å²) in [5, 5.41) is 18.1. The predicted octanol–water partition coefficient (Wildman–Crippen LogP) is 2.45. The first-order valence-corrected chi connectivity index (χ1v) is 7.87. The number of aromatic nitrogens is 1. The van der Waals surface area contributed by atoms with Crippen LogP contribution in [0.15, 0.2) is 29.6 Å². The summed E-state index contributed by atoms with van der Waals surface area (Å²) in [6, 6.07) is 6.94. The lowest BCUT2D eigenvalue weighted by atomic mass is 9.97. The number of nitrogens with one attached hydrogen (secondary N) is 2. The standard InChI is InChI=1S/C15H17N3O2S/c19-12-3-1-2-11(8-12)13-9-21-15(17-13)18-14(20)10-4-6-16-7-5-10/h1-3,8-10,16,19H,4-7H2,(H,17,18,20). The third-order valence-electron chi connectivity index (χ3n) is 3.59. The minimum atomic E-state index is 0.0494. The Hall–Kier alpha value is -1.92. The molecule has 1 aromatic heterocycles. The van der Waals surface area contributed by atoms with Crippen LogP contribution in [0.5, 0.6) is 5.75 Å². The molecule has 110 valence electrons. The van der Waals surface area contributed by atoms with E-state index in [1.807, 2.05) is 11.4 Å². The average molecular weight is 303 g/mol. The number of aromatic hydroxyl groups is 1. The van der Waals surface area contributed by atoms with Gasteiger partial charge in [-0.3, -0.25) is 4.79 Å². The van der Waals surface area contributed by atoms with Crippen molar-refractivity contribution in [1.82, 2.24) is 10.3 Å². The molecule has 6 heteroatoms. The lowest BCUT2D eigenvalue weighted by Crippen LogP contribution is -2.34. The molecule has 0 bridgehead atoms. The molecule has 0 saturated carbocycles. The number of carbonyl (C=O) groups is 1. The Kier molecular flexibility index (Phi) is 4.17. The van der Waals surface area contributed by atoms with Crippen molar-refractivity contribution in [3.63, 3.8) is 0 Å². The lowest BCUT2D eigenvalue weighted by molar-refractivity contribution is -0.120. The number of carbonyl (C=O) groups excluding carboxylic acids is 1. The van der Waals surface area contributed by atoms with Crippen molar-refractivity contribution in [3.05, 3.63) is 29.6 Å². The van der Waals surface area contributed by atoms with Crippen molar-refractivity contribution in [2.24, 2.45) is 5.92 Å². The Labute approximate surface area is 127 Å². The number of anilines is 1. The van der Waals surface area contributed by atoms with Gasteiger partial charge in [0.1, 0.15) is 5.75 Å². The highest BCUT2D eigenvalue weighted by atomic mass is 32.1. The van der Waals surface area contributed by atoms with E-state index in [-0.39, 0.29) is 17.6 Å². The topological polar surface area (TPSA) is 74.2 Å². The summed E-state index contributed by atoms with van der Waals surface area (Å²) in [4.78, 5) is 16.6. The van der Waals surface area contributed by atoms with Crippen molar-refractivity contribution in [3.8, 4) is 17.0 Å². The zero-order chi connectivity index (χ0) is 14.7. The van der Waals surface area contributed by atoms with Crippen LogP contribution in [-0.2, 0) is 4.79 Å². The fraction of sp³-hybridized carbons (Fsp3) is 0.333. The fourth-order valence-electron chi connectivity index (χ4n) is 2.42. The monoisotopic (exact) mass is 303 g/mol. The molecule has 3 rings (SSSR count). The van der Waals surface area contributed by atoms with Gasteiger partial charge in [-0.25, -0.2) is 4.98 Å². The second kappa shape index (κ2) is 6.24. The maximum Gasteiger partial charge on any atom is 0.229 e. The van der Waals surface area contributed by atoms with E-state index >= 15 is 0 Å². The van der Waals surface area contributed by atoms with Gasteiger partial charge < -0.3 is 15.7 Å². The number of benzene rings is 1. The normalized spacial score (nSPS) is 15.8. The molecule has 0 spiro atoms. The highest BCUT2D eigenvalue weighted by Gasteiger charge is 2.21. The van der Waals surface area contributed by atoms with Gasteiger partial charge in [-0.15, -0.1) is 11.3 Å². The van der Waals surface area contributed by atoms with Crippen LogP contribution in [0.1, 0.15) is 12.8 Å².